The zero-order valence-electron chi connectivity index (χ0n) is 13.6. The van der Waals surface area contributed by atoms with Gasteiger partial charge in [-0.1, -0.05) is 12.1 Å². The van der Waals surface area contributed by atoms with Crippen LogP contribution in [0, 0.1) is 5.82 Å². The maximum absolute atomic E-state index is 13.3. The molecule has 1 aliphatic heterocycles. The zero-order valence-corrected chi connectivity index (χ0v) is 13.6. The molecule has 1 aromatic heterocycles. The average molecular weight is 337 g/mol. The van der Waals surface area contributed by atoms with Crippen molar-refractivity contribution in [1.82, 2.24) is 14.8 Å². The van der Waals surface area contributed by atoms with Gasteiger partial charge in [-0.25, -0.2) is 9.07 Å². The van der Waals surface area contributed by atoms with E-state index in [1.54, 1.807) is 23.9 Å². The Bertz CT molecular complexity index is 937. The number of hydrogen-bond acceptors (Lipinski definition) is 5. The normalized spacial score (nSPS) is 12.8. The summed E-state index contributed by atoms with van der Waals surface area (Å²) in [4.78, 5) is 6.54. The highest BCUT2D eigenvalue weighted by Gasteiger charge is 2.17. The van der Waals surface area contributed by atoms with Crippen molar-refractivity contribution in [2.24, 2.45) is 0 Å². The van der Waals surface area contributed by atoms with E-state index in [0.717, 1.165) is 17.3 Å². The van der Waals surface area contributed by atoms with Gasteiger partial charge in [0, 0.05) is 29.8 Å². The molecule has 0 saturated carbocycles. The molecule has 4 rings (SSSR count). The molecule has 0 atom stereocenters. The van der Waals surface area contributed by atoms with Crippen LogP contribution in [0.25, 0.3) is 6.20 Å². The lowest BCUT2D eigenvalue weighted by atomic mass is 10.2. The fourth-order valence-electron chi connectivity index (χ4n) is 2.65. The SMILES string of the molecule is COc1cccc(N2C=Cn3nc(Nc4cccc(F)c4)nc3C2)c1. The second kappa shape index (κ2) is 6.27. The summed E-state index contributed by atoms with van der Waals surface area (Å²) >= 11 is 0. The van der Waals surface area contributed by atoms with E-state index in [9.17, 15) is 4.39 Å². The fraction of sp³-hybridized carbons (Fsp3) is 0.111. The van der Waals surface area contributed by atoms with E-state index in [1.807, 2.05) is 36.7 Å². The third-order valence-electron chi connectivity index (χ3n) is 3.87. The van der Waals surface area contributed by atoms with Crippen LogP contribution in [0.15, 0.2) is 54.7 Å². The van der Waals surface area contributed by atoms with Crippen molar-refractivity contribution in [2.45, 2.75) is 6.54 Å². The second-order valence-electron chi connectivity index (χ2n) is 5.56. The molecule has 1 N–H and O–H groups in total. The summed E-state index contributed by atoms with van der Waals surface area (Å²) in [5.41, 5.74) is 1.61. The minimum atomic E-state index is -0.307. The van der Waals surface area contributed by atoms with Gasteiger partial charge >= 0.3 is 0 Å². The van der Waals surface area contributed by atoms with Crippen LogP contribution in [-0.4, -0.2) is 21.9 Å². The standard InChI is InChI=1S/C18H16FN5O/c1-25-16-7-3-6-15(11-16)23-8-9-24-17(12-23)21-18(22-24)20-14-5-2-4-13(19)10-14/h2-11H,12H2,1H3,(H,20,22). The molecule has 0 fully saturated rings. The second-order valence-corrected chi connectivity index (χ2v) is 5.56. The predicted octanol–water partition coefficient (Wildman–Crippen LogP) is 3.62. The molecule has 0 aliphatic carbocycles. The van der Waals surface area contributed by atoms with Crippen molar-refractivity contribution in [3.05, 3.63) is 66.4 Å². The summed E-state index contributed by atoms with van der Waals surface area (Å²) in [6, 6.07) is 14.0. The quantitative estimate of drug-likeness (QED) is 0.788. The summed E-state index contributed by atoms with van der Waals surface area (Å²) < 4.78 is 20.3. The molecule has 0 unspecified atom stereocenters. The molecular weight excluding hydrogens is 321 g/mol. The van der Waals surface area contributed by atoms with Crippen molar-refractivity contribution >= 4 is 23.5 Å². The first-order valence-electron chi connectivity index (χ1n) is 7.78. The number of aromatic nitrogens is 3. The third-order valence-corrected chi connectivity index (χ3v) is 3.87. The van der Waals surface area contributed by atoms with E-state index < -0.39 is 0 Å². The summed E-state index contributed by atoms with van der Waals surface area (Å²) in [6.45, 7) is 0.571. The van der Waals surface area contributed by atoms with Crippen molar-refractivity contribution in [3.63, 3.8) is 0 Å². The van der Waals surface area contributed by atoms with Crippen LogP contribution >= 0.6 is 0 Å². The van der Waals surface area contributed by atoms with E-state index in [1.165, 1.54) is 12.1 Å². The number of halogens is 1. The Balaban J connectivity index is 1.54. The average Bonchev–Trinajstić information content (AvgIpc) is 3.03. The van der Waals surface area contributed by atoms with Crippen LogP contribution in [0.3, 0.4) is 0 Å². The van der Waals surface area contributed by atoms with Gasteiger partial charge in [-0.15, -0.1) is 5.10 Å². The van der Waals surface area contributed by atoms with Crippen LogP contribution in [-0.2, 0) is 6.54 Å². The Morgan fingerprint density at radius 2 is 2.00 bits per heavy atom. The summed E-state index contributed by atoms with van der Waals surface area (Å²) in [5.74, 6) is 1.70. The number of ether oxygens (including phenoxy) is 1. The van der Waals surface area contributed by atoms with Gasteiger partial charge in [0.05, 0.1) is 13.7 Å². The van der Waals surface area contributed by atoms with E-state index in [0.29, 0.717) is 18.2 Å². The minimum Gasteiger partial charge on any atom is -0.497 e. The van der Waals surface area contributed by atoms with E-state index in [-0.39, 0.29) is 5.82 Å². The first kappa shape index (κ1) is 15.2. The molecule has 7 heteroatoms. The molecule has 25 heavy (non-hydrogen) atoms. The summed E-state index contributed by atoms with van der Waals surface area (Å²) in [5, 5.41) is 7.39. The van der Waals surface area contributed by atoms with Gasteiger partial charge < -0.3 is 15.0 Å². The predicted molar refractivity (Wildman–Crippen MR) is 94.2 cm³/mol. The summed E-state index contributed by atoms with van der Waals surface area (Å²) in [6.07, 6.45) is 3.77. The van der Waals surface area contributed by atoms with Gasteiger partial charge in [-0.05, 0) is 30.3 Å². The highest BCUT2D eigenvalue weighted by molar-refractivity contribution is 5.57. The molecule has 0 spiro atoms. The molecule has 0 radical (unpaired) electrons. The first-order valence-corrected chi connectivity index (χ1v) is 7.78. The highest BCUT2D eigenvalue weighted by Crippen LogP contribution is 2.25. The number of nitrogens with zero attached hydrogens (tertiary/aromatic N) is 4. The molecule has 126 valence electrons. The lowest BCUT2D eigenvalue weighted by Crippen LogP contribution is -2.22. The smallest absolute Gasteiger partial charge is 0.247 e. The number of anilines is 3. The molecular formula is C18H16FN5O. The van der Waals surface area contributed by atoms with Crippen molar-refractivity contribution in [2.75, 3.05) is 17.3 Å². The fourth-order valence-corrected chi connectivity index (χ4v) is 2.65. The number of hydrogen-bond donors (Lipinski definition) is 1. The van der Waals surface area contributed by atoms with Gasteiger partial charge in [0.2, 0.25) is 5.95 Å². The monoisotopic (exact) mass is 337 g/mol. The highest BCUT2D eigenvalue weighted by atomic mass is 19.1. The van der Waals surface area contributed by atoms with Crippen LogP contribution < -0.4 is 15.0 Å². The summed E-state index contributed by atoms with van der Waals surface area (Å²) in [7, 11) is 1.64. The van der Waals surface area contributed by atoms with E-state index >= 15 is 0 Å². The third kappa shape index (κ3) is 3.16. The molecule has 2 aromatic carbocycles. The number of benzene rings is 2. The lowest BCUT2D eigenvalue weighted by molar-refractivity contribution is 0.415. The molecule has 0 amide bonds. The Morgan fingerprint density at radius 1 is 1.12 bits per heavy atom. The van der Waals surface area contributed by atoms with Crippen LogP contribution in [0.4, 0.5) is 21.7 Å². The van der Waals surface area contributed by atoms with Crippen LogP contribution in [0.2, 0.25) is 0 Å². The maximum atomic E-state index is 13.3. The van der Waals surface area contributed by atoms with Gasteiger partial charge in [0.15, 0.2) is 5.82 Å². The van der Waals surface area contributed by atoms with Crippen molar-refractivity contribution < 1.29 is 9.13 Å². The van der Waals surface area contributed by atoms with Gasteiger partial charge in [0.25, 0.3) is 0 Å². The number of fused-ring (bicyclic) bond motifs is 1. The Morgan fingerprint density at radius 3 is 2.84 bits per heavy atom. The molecule has 6 nitrogen and oxygen atoms in total. The van der Waals surface area contributed by atoms with Crippen LogP contribution in [0.5, 0.6) is 5.75 Å². The minimum absolute atomic E-state index is 0.307. The van der Waals surface area contributed by atoms with Crippen molar-refractivity contribution in [3.8, 4) is 5.75 Å². The van der Waals surface area contributed by atoms with Gasteiger partial charge in [0.1, 0.15) is 11.6 Å². The maximum Gasteiger partial charge on any atom is 0.247 e. The van der Waals surface area contributed by atoms with Crippen molar-refractivity contribution in [1.29, 1.82) is 0 Å². The lowest BCUT2D eigenvalue weighted by Gasteiger charge is -2.23. The largest absolute Gasteiger partial charge is 0.497 e. The Labute approximate surface area is 144 Å². The Kier molecular flexibility index (Phi) is 3.81. The number of methoxy groups -OCH3 is 1. The zero-order chi connectivity index (χ0) is 17.2. The topological polar surface area (TPSA) is 55.2 Å². The molecule has 1 aliphatic rings. The number of rotatable bonds is 4. The molecule has 2 heterocycles. The van der Waals surface area contributed by atoms with Crippen LogP contribution in [0.1, 0.15) is 5.82 Å². The molecule has 0 saturated heterocycles. The van der Waals surface area contributed by atoms with Gasteiger partial charge in [-0.3, -0.25) is 0 Å². The Hall–Kier alpha value is -3.35. The first-order chi connectivity index (χ1) is 12.2. The van der Waals surface area contributed by atoms with E-state index in [4.69, 9.17) is 4.74 Å². The van der Waals surface area contributed by atoms with E-state index in [2.05, 4.69) is 20.3 Å². The number of nitrogens with one attached hydrogen (secondary N) is 1. The molecule has 3 aromatic rings. The molecule has 0 bridgehead atoms. The van der Waals surface area contributed by atoms with Gasteiger partial charge in [-0.2, -0.15) is 4.98 Å².